The van der Waals surface area contributed by atoms with Gasteiger partial charge in [-0.1, -0.05) is 0 Å². The van der Waals surface area contributed by atoms with Gasteiger partial charge >= 0.3 is 0 Å². The van der Waals surface area contributed by atoms with Crippen LogP contribution in [0.3, 0.4) is 0 Å². The molecule has 0 amide bonds. The highest BCUT2D eigenvalue weighted by molar-refractivity contribution is 5.31. The van der Waals surface area contributed by atoms with E-state index in [0.29, 0.717) is 5.92 Å². The first-order valence-electron chi connectivity index (χ1n) is 7.04. The smallest absolute Gasteiger partial charge is 0.161 e. The van der Waals surface area contributed by atoms with Crippen molar-refractivity contribution in [2.24, 2.45) is 42.4 Å². The van der Waals surface area contributed by atoms with Gasteiger partial charge in [-0.05, 0) is 48.9 Å². The number of ether oxygens (including phenoxy) is 1. The molecule has 2 bridgehead atoms. The third-order valence-electron chi connectivity index (χ3n) is 5.69. The Morgan fingerprint density at radius 3 is 2.67 bits per heavy atom. The van der Waals surface area contributed by atoms with Gasteiger partial charge in [0.15, 0.2) is 5.75 Å². The third kappa shape index (κ3) is 1.22. The van der Waals surface area contributed by atoms with Gasteiger partial charge in [0.2, 0.25) is 0 Å². The third-order valence-corrected chi connectivity index (χ3v) is 5.69. The number of nitrogens with two attached hydrogens (primary N) is 1. The maximum absolute atomic E-state index is 6.52. The molecule has 0 radical (unpaired) electrons. The zero-order chi connectivity index (χ0) is 12.4. The molecule has 1 aromatic rings. The predicted octanol–water partition coefficient (Wildman–Crippen LogP) is 1.72. The predicted molar refractivity (Wildman–Crippen MR) is 68.0 cm³/mol. The molecule has 3 aliphatic carbocycles. The topological polar surface area (TPSA) is 53.1 Å². The average molecular weight is 247 g/mol. The Balaban J connectivity index is 1.61. The summed E-state index contributed by atoms with van der Waals surface area (Å²) in [6, 6.07) is 0.103. The molecule has 3 saturated carbocycles. The average Bonchev–Trinajstić information content (AvgIpc) is 2.71. The van der Waals surface area contributed by atoms with Crippen molar-refractivity contribution in [2.75, 3.05) is 7.11 Å². The minimum absolute atomic E-state index is 0.103. The Bertz CT molecular complexity index is 467. The van der Waals surface area contributed by atoms with Crippen LogP contribution in [0.4, 0.5) is 0 Å². The summed E-state index contributed by atoms with van der Waals surface area (Å²) >= 11 is 0. The van der Waals surface area contributed by atoms with Crippen molar-refractivity contribution in [3.8, 4) is 5.75 Å². The molecule has 1 heterocycles. The molecule has 0 saturated heterocycles. The van der Waals surface area contributed by atoms with Gasteiger partial charge in [-0.15, -0.1) is 0 Å². The van der Waals surface area contributed by atoms with E-state index in [1.807, 2.05) is 11.7 Å². The van der Waals surface area contributed by atoms with Crippen LogP contribution in [0.2, 0.25) is 0 Å². The van der Waals surface area contributed by atoms with Crippen LogP contribution in [0.25, 0.3) is 0 Å². The summed E-state index contributed by atoms with van der Waals surface area (Å²) in [5, 5.41) is 4.28. The maximum Gasteiger partial charge on any atom is 0.161 e. The number of fused-ring (bicyclic) bond motifs is 5. The number of nitrogens with zero attached hydrogens (tertiary/aromatic N) is 2. The fourth-order valence-corrected chi connectivity index (χ4v) is 5.02. The summed E-state index contributed by atoms with van der Waals surface area (Å²) in [4.78, 5) is 0. The normalized spacial score (nSPS) is 41.8. The molecule has 98 valence electrons. The molecular formula is C14H21N3O. The molecule has 4 rings (SSSR count). The standard InChI is InChI=1S/C14H21N3O/c1-17-14(9(18-2)6-16-17)13(15)12-10-7-3-4-8(5-7)11(10)12/h6-8,10-13H,3-5,15H2,1-2H3. The SMILES string of the molecule is COc1cnn(C)c1C(N)C1C2C3CCC(C3)C21. The molecule has 0 spiro atoms. The van der Waals surface area contributed by atoms with Crippen LogP contribution in [0.5, 0.6) is 5.75 Å². The summed E-state index contributed by atoms with van der Waals surface area (Å²) in [5.41, 5.74) is 7.60. The lowest BCUT2D eigenvalue weighted by atomic mass is 9.96. The lowest BCUT2D eigenvalue weighted by Crippen LogP contribution is -2.21. The molecule has 0 aromatic carbocycles. The molecule has 5 atom stereocenters. The first-order valence-corrected chi connectivity index (χ1v) is 7.04. The molecule has 4 nitrogen and oxygen atoms in total. The highest BCUT2D eigenvalue weighted by atomic mass is 16.5. The van der Waals surface area contributed by atoms with E-state index < -0.39 is 0 Å². The van der Waals surface area contributed by atoms with E-state index in [-0.39, 0.29) is 6.04 Å². The molecule has 3 fully saturated rings. The number of rotatable bonds is 3. The largest absolute Gasteiger partial charge is 0.493 e. The second-order valence-electron chi connectivity index (χ2n) is 6.31. The summed E-state index contributed by atoms with van der Waals surface area (Å²) < 4.78 is 7.28. The number of hydrogen-bond donors (Lipinski definition) is 1. The highest BCUT2D eigenvalue weighted by Gasteiger charge is 2.66. The molecule has 18 heavy (non-hydrogen) atoms. The first kappa shape index (κ1) is 10.9. The van der Waals surface area contributed by atoms with Gasteiger partial charge in [0.1, 0.15) is 0 Å². The van der Waals surface area contributed by atoms with E-state index in [1.54, 1.807) is 13.3 Å². The van der Waals surface area contributed by atoms with Gasteiger partial charge in [-0.2, -0.15) is 5.10 Å². The van der Waals surface area contributed by atoms with Crippen LogP contribution in [0.1, 0.15) is 31.0 Å². The van der Waals surface area contributed by atoms with E-state index in [1.165, 1.54) is 19.3 Å². The molecule has 0 aliphatic heterocycles. The lowest BCUT2D eigenvalue weighted by Gasteiger charge is -2.17. The number of aromatic nitrogens is 2. The van der Waals surface area contributed by atoms with E-state index in [9.17, 15) is 0 Å². The summed E-state index contributed by atoms with van der Waals surface area (Å²) in [6.45, 7) is 0. The van der Waals surface area contributed by atoms with Crippen molar-refractivity contribution in [1.29, 1.82) is 0 Å². The molecule has 5 unspecified atom stereocenters. The highest BCUT2D eigenvalue weighted by Crippen LogP contribution is 2.72. The Morgan fingerprint density at radius 2 is 2.06 bits per heavy atom. The number of aryl methyl sites for hydroxylation is 1. The van der Waals surface area contributed by atoms with Gasteiger partial charge in [0.25, 0.3) is 0 Å². The van der Waals surface area contributed by atoms with Crippen molar-refractivity contribution >= 4 is 0 Å². The minimum atomic E-state index is 0.103. The number of hydrogen-bond acceptors (Lipinski definition) is 3. The van der Waals surface area contributed by atoms with Gasteiger partial charge in [-0.3, -0.25) is 4.68 Å². The summed E-state index contributed by atoms with van der Waals surface area (Å²) in [6.07, 6.45) is 6.14. The van der Waals surface area contributed by atoms with Crippen LogP contribution < -0.4 is 10.5 Å². The van der Waals surface area contributed by atoms with E-state index >= 15 is 0 Å². The Kier molecular flexibility index (Phi) is 2.11. The van der Waals surface area contributed by atoms with E-state index in [4.69, 9.17) is 10.5 Å². The zero-order valence-electron chi connectivity index (χ0n) is 11.0. The van der Waals surface area contributed by atoms with E-state index in [0.717, 1.165) is 35.1 Å². The monoisotopic (exact) mass is 247 g/mol. The second kappa shape index (κ2) is 3.50. The van der Waals surface area contributed by atoms with Gasteiger partial charge in [-0.25, -0.2) is 0 Å². The second-order valence-corrected chi connectivity index (χ2v) is 6.31. The van der Waals surface area contributed by atoms with Gasteiger partial charge < -0.3 is 10.5 Å². The molecule has 2 N–H and O–H groups in total. The van der Waals surface area contributed by atoms with Crippen molar-refractivity contribution in [1.82, 2.24) is 9.78 Å². The van der Waals surface area contributed by atoms with Crippen LogP contribution >= 0.6 is 0 Å². The van der Waals surface area contributed by atoms with E-state index in [2.05, 4.69) is 5.10 Å². The fourth-order valence-electron chi connectivity index (χ4n) is 5.02. The van der Waals surface area contributed by atoms with Crippen LogP contribution in [0, 0.1) is 29.6 Å². The minimum Gasteiger partial charge on any atom is -0.493 e. The number of methoxy groups -OCH3 is 1. The summed E-state index contributed by atoms with van der Waals surface area (Å²) in [5.74, 6) is 5.27. The van der Waals surface area contributed by atoms with Crippen molar-refractivity contribution in [3.05, 3.63) is 11.9 Å². The lowest BCUT2D eigenvalue weighted by molar-refractivity contribution is 0.375. The molecule has 1 aromatic heterocycles. The Labute approximate surface area is 107 Å². The Hall–Kier alpha value is -1.03. The van der Waals surface area contributed by atoms with Crippen molar-refractivity contribution < 1.29 is 4.74 Å². The molecule has 4 heteroatoms. The van der Waals surface area contributed by atoms with Gasteiger partial charge in [0, 0.05) is 7.05 Å². The van der Waals surface area contributed by atoms with Gasteiger partial charge in [0.05, 0.1) is 25.0 Å². The van der Waals surface area contributed by atoms with Crippen LogP contribution in [0.15, 0.2) is 6.20 Å². The fraction of sp³-hybridized carbons (Fsp3) is 0.786. The summed E-state index contributed by atoms with van der Waals surface area (Å²) in [7, 11) is 3.66. The van der Waals surface area contributed by atoms with Crippen molar-refractivity contribution in [3.63, 3.8) is 0 Å². The molecular weight excluding hydrogens is 226 g/mol. The maximum atomic E-state index is 6.52. The zero-order valence-corrected chi connectivity index (χ0v) is 11.0. The van der Waals surface area contributed by atoms with Crippen molar-refractivity contribution in [2.45, 2.75) is 25.3 Å². The quantitative estimate of drug-likeness (QED) is 0.885. The Morgan fingerprint density at radius 1 is 1.39 bits per heavy atom. The van der Waals surface area contributed by atoms with Crippen LogP contribution in [-0.2, 0) is 7.05 Å². The van der Waals surface area contributed by atoms with Crippen LogP contribution in [-0.4, -0.2) is 16.9 Å². The molecule has 3 aliphatic rings. The first-order chi connectivity index (χ1) is 8.72.